The Morgan fingerprint density at radius 3 is 2.70 bits per heavy atom. The van der Waals surface area contributed by atoms with Gasteiger partial charge in [-0.25, -0.2) is 4.98 Å². The zero-order valence-electron chi connectivity index (χ0n) is 15.4. The van der Waals surface area contributed by atoms with Crippen LogP contribution in [-0.2, 0) is 17.8 Å². The van der Waals surface area contributed by atoms with Crippen molar-refractivity contribution in [2.45, 2.75) is 39.7 Å². The molecule has 9 heteroatoms. The van der Waals surface area contributed by atoms with E-state index in [9.17, 15) is 4.79 Å². The van der Waals surface area contributed by atoms with Crippen LogP contribution >= 0.6 is 0 Å². The van der Waals surface area contributed by atoms with Crippen LogP contribution in [0.3, 0.4) is 0 Å². The quantitative estimate of drug-likeness (QED) is 0.726. The van der Waals surface area contributed by atoms with E-state index in [2.05, 4.69) is 30.4 Å². The number of nitrogens with zero attached hydrogens (tertiary/aromatic N) is 5. The van der Waals surface area contributed by atoms with E-state index in [0.717, 1.165) is 18.5 Å². The molecule has 0 unspecified atom stereocenters. The zero-order valence-corrected chi connectivity index (χ0v) is 15.4. The van der Waals surface area contributed by atoms with Gasteiger partial charge in [0, 0.05) is 31.1 Å². The number of carbonyl (C=O) groups excluding carboxylic acids is 1. The van der Waals surface area contributed by atoms with Gasteiger partial charge >= 0.3 is 0 Å². The zero-order chi connectivity index (χ0) is 18.8. The summed E-state index contributed by atoms with van der Waals surface area (Å²) >= 11 is 0. The topological polar surface area (TPSA) is 110 Å². The highest BCUT2D eigenvalue weighted by molar-refractivity contribution is 5.79. The average Bonchev–Trinajstić information content (AvgIpc) is 3.32. The van der Waals surface area contributed by atoms with E-state index in [-0.39, 0.29) is 18.4 Å². The Hall–Kier alpha value is -2.97. The lowest BCUT2D eigenvalue weighted by molar-refractivity contribution is -0.125. The van der Waals surface area contributed by atoms with E-state index in [4.69, 9.17) is 8.83 Å². The lowest BCUT2D eigenvalue weighted by Crippen LogP contribution is -2.40. The van der Waals surface area contributed by atoms with Gasteiger partial charge in [-0.05, 0) is 31.9 Å². The van der Waals surface area contributed by atoms with Crippen molar-refractivity contribution in [1.82, 2.24) is 25.5 Å². The van der Waals surface area contributed by atoms with Crippen molar-refractivity contribution in [3.8, 4) is 0 Å². The Morgan fingerprint density at radius 2 is 1.96 bits per heavy atom. The minimum atomic E-state index is -0.0421. The van der Waals surface area contributed by atoms with Crippen LogP contribution in [-0.4, -0.2) is 39.2 Å². The van der Waals surface area contributed by atoms with Crippen molar-refractivity contribution in [3.05, 3.63) is 29.6 Å². The molecule has 0 aliphatic carbocycles. The molecule has 0 atom stereocenters. The second kappa shape index (κ2) is 7.34. The third-order valence-electron chi connectivity index (χ3n) is 4.74. The number of aryl methyl sites for hydroxylation is 2. The van der Waals surface area contributed by atoms with Gasteiger partial charge in [-0.2, -0.15) is 4.98 Å². The largest absolute Gasteiger partial charge is 0.423 e. The van der Waals surface area contributed by atoms with Gasteiger partial charge in [-0.1, -0.05) is 6.92 Å². The van der Waals surface area contributed by atoms with Crippen molar-refractivity contribution in [2.24, 2.45) is 5.92 Å². The van der Waals surface area contributed by atoms with Crippen molar-refractivity contribution >= 4 is 23.2 Å². The fourth-order valence-corrected chi connectivity index (χ4v) is 3.18. The number of rotatable bonds is 5. The molecule has 0 aromatic carbocycles. The van der Waals surface area contributed by atoms with Gasteiger partial charge in [-0.15, -0.1) is 10.2 Å². The number of amides is 1. The van der Waals surface area contributed by atoms with E-state index < -0.39 is 0 Å². The second-order valence-corrected chi connectivity index (χ2v) is 6.69. The monoisotopic (exact) mass is 370 g/mol. The molecule has 3 aromatic rings. The number of carbonyl (C=O) groups is 1. The molecule has 0 bridgehead atoms. The number of aromatic nitrogens is 4. The van der Waals surface area contributed by atoms with Crippen LogP contribution in [0, 0.1) is 12.8 Å². The van der Waals surface area contributed by atoms with E-state index in [1.165, 1.54) is 0 Å². The predicted molar refractivity (Wildman–Crippen MR) is 97.0 cm³/mol. The van der Waals surface area contributed by atoms with Gasteiger partial charge in [0.15, 0.2) is 5.58 Å². The molecule has 3 aromatic heterocycles. The van der Waals surface area contributed by atoms with E-state index in [1.54, 1.807) is 0 Å². The molecule has 0 spiro atoms. The Balaban J connectivity index is 1.31. The normalized spacial score (nSPS) is 15.4. The highest BCUT2D eigenvalue weighted by atomic mass is 16.4. The van der Waals surface area contributed by atoms with Crippen molar-refractivity contribution in [3.63, 3.8) is 0 Å². The summed E-state index contributed by atoms with van der Waals surface area (Å²) in [6, 6.07) is 4.36. The molecule has 9 nitrogen and oxygen atoms in total. The predicted octanol–water partition coefficient (Wildman–Crippen LogP) is 2.01. The van der Waals surface area contributed by atoms with Crippen LogP contribution in [0.15, 0.2) is 21.0 Å². The number of anilines is 1. The van der Waals surface area contributed by atoms with Crippen LogP contribution in [0.2, 0.25) is 0 Å². The van der Waals surface area contributed by atoms with Crippen molar-refractivity contribution in [2.75, 3.05) is 18.0 Å². The number of pyridine rings is 1. The van der Waals surface area contributed by atoms with Crippen LogP contribution in [0.5, 0.6) is 0 Å². The number of nitrogens with one attached hydrogen (secondary N) is 1. The lowest BCUT2D eigenvalue weighted by Gasteiger charge is -2.29. The molecule has 4 heterocycles. The van der Waals surface area contributed by atoms with Crippen LogP contribution < -0.4 is 10.2 Å². The second-order valence-electron chi connectivity index (χ2n) is 6.69. The molecular weight excluding hydrogens is 348 g/mol. The van der Waals surface area contributed by atoms with Gasteiger partial charge < -0.3 is 19.1 Å². The Labute approximate surface area is 156 Å². The summed E-state index contributed by atoms with van der Waals surface area (Å²) in [5.41, 5.74) is 2.21. The number of hydrogen-bond acceptors (Lipinski definition) is 8. The van der Waals surface area contributed by atoms with Gasteiger partial charge in [0.2, 0.25) is 23.3 Å². The molecule has 1 amide bonds. The molecule has 1 aliphatic heterocycles. The summed E-state index contributed by atoms with van der Waals surface area (Å²) in [7, 11) is 0. The average molecular weight is 370 g/mol. The first-order valence-electron chi connectivity index (χ1n) is 9.20. The fraction of sp³-hybridized carbons (Fsp3) is 0.500. The molecule has 1 fully saturated rings. The standard InChI is InChI=1S/C18H22N6O3/c1-3-14-22-23-15(27-14)10-19-17(25)12-6-8-24(9-7-12)18-21-16-13(26-18)5-4-11(2)20-16/h4-5,12H,3,6-10H2,1-2H3,(H,19,25). The minimum Gasteiger partial charge on any atom is -0.423 e. The summed E-state index contributed by atoms with van der Waals surface area (Å²) in [4.78, 5) is 23.3. The SMILES string of the molecule is CCc1nnc(CNC(=O)C2CCN(c3nc4nc(C)ccc4o3)CC2)o1. The Morgan fingerprint density at radius 1 is 1.19 bits per heavy atom. The molecule has 27 heavy (non-hydrogen) atoms. The molecule has 1 N–H and O–H groups in total. The maximum absolute atomic E-state index is 12.4. The summed E-state index contributed by atoms with van der Waals surface area (Å²) in [6.45, 7) is 5.56. The van der Waals surface area contributed by atoms with Gasteiger partial charge in [0.25, 0.3) is 6.01 Å². The molecule has 1 aliphatic rings. The van der Waals surface area contributed by atoms with Crippen molar-refractivity contribution in [1.29, 1.82) is 0 Å². The number of fused-ring (bicyclic) bond motifs is 1. The number of piperidine rings is 1. The van der Waals surface area contributed by atoms with Crippen LogP contribution in [0.4, 0.5) is 6.01 Å². The fourth-order valence-electron chi connectivity index (χ4n) is 3.18. The third kappa shape index (κ3) is 3.76. The summed E-state index contributed by atoms with van der Waals surface area (Å²) in [5, 5.41) is 10.7. The summed E-state index contributed by atoms with van der Waals surface area (Å²) in [5.74, 6) is 0.989. The van der Waals surface area contributed by atoms with E-state index >= 15 is 0 Å². The molecule has 142 valence electrons. The Kier molecular flexibility index (Phi) is 4.74. The minimum absolute atomic E-state index is 0.0146. The highest BCUT2D eigenvalue weighted by Crippen LogP contribution is 2.26. The molecule has 0 saturated carbocycles. The van der Waals surface area contributed by atoms with Crippen LogP contribution in [0.25, 0.3) is 11.2 Å². The van der Waals surface area contributed by atoms with Gasteiger partial charge in [-0.3, -0.25) is 4.79 Å². The first kappa shape index (κ1) is 17.4. The maximum atomic E-state index is 12.4. The van der Waals surface area contributed by atoms with Crippen molar-refractivity contribution < 1.29 is 13.6 Å². The highest BCUT2D eigenvalue weighted by Gasteiger charge is 2.27. The van der Waals surface area contributed by atoms with Gasteiger partial charge in [0.05, 0.1) is 6.54 Å². The first-order chi connectivity index (χ1) is 13.1. The van der Waals surface area contributed by atoms with E-state index in [1.807, 2.05) is 26.0 Å². The molecule has 0 radical (unpaired) electrons. The lowest BCUT2D eigenvalue weighted by atomic mass is 9.96. The molecular formula is C18H22N6O3. The van der Waals surface area contributed by atoms with E-state index in [0.29, 0.717) is 48.5 Å². The molecule has 4 rings (SSSR count). The first-order valence-corrected chi connectivity index (χ1v) is 9.20. The summed E-state index contributed by atoms with van der Waals surface area (Å²) < 4.78 is 11.2. The third-order valence-corrected chi connectivity index (χ3v) is 4.74. The van der Waals surface area contributed by atoms with Gasteiger partial charge in [0.1, 0.15) is 0 Å². The smallest absolute Gasteiger partial charge is 0.299 e. The maximum Gasteiger partial charge on any atom is 0.299 e. The number of oxazole rings is 1. The number of hydrogen-bond donors (Lipinski definition) is 1. The summed E-state index contributed by atoms with van der Waals surface area (Å²) in [6.07, 6.45) is 2.16. The van der Waals surface area contributed by atoms with Crippen LogP contribution in [0.1, 0.15) is 37.2 Å². The Bertz CT molecular complexity index is 942. The molecule has 1 saturated heterocycles.